The van der Waals surface area contributed by atoms with Gasteiger partial charge >= 0.3 is 0 Å². The molecule has 0 aliphatic heterocycles. The molecule has 0 radical (unpaired) electrons. The molecule has 2 rings (SSSR count). The minimum atomic E-state index is 0.273. The van der Waals surface area contributed by atoms with Crippen molar-refractivity contribution in [1.82, 2.24) is 4.90 Å². The predicted molar refractivity (Wildman–Crippen MR) is 102 cm³/mol. The van der Waals surface area contributed by atoms with Crippen molar-refractivity contribution in [2.75, 3.05) is 19.6 Å². The van der Waals surface area contributed by atoms with Crippen molar-refractivity contribution in [2.45, 2.75) is 39.7 Å². The van der Waals surface area contributed by atoms with Gasteiger partial charge in [0.2, 0.25) is 0 Å². The fourth-order valence-electron chi connectivity index (χ4n) is 2.89. The SMILES string of the molecule is CCCCN(CC)C(CN)c1ccc(Oc2ccc(C)cc2)cc1. The molecule has 3 nitrogen and oxygen atoms in total. The van der Waals surface area contributed by atoms with Crippen molar-refractivity contribution >= 4 is 0 Å². The Hall–Kier alpha value is -1.84. The quantitative estimate of drug-likeness (QED) is 0.711. The molecule has 0 bridgehead atoms. The average Bonchev–Trinajstić information content (AvgIpc) is 2.61. The third-order valence-corrected chi connectivity index (χ3v) is 4.39. The number of likely N-dealkylation sites (N-methyl/N-ethyl adjacent to an activating group) is 1. The number of rotatable bonds is 9. The average molecular weight is 326 g/mol. The van der Waals surface area contributed by atoms with E-state index < -0.39 is 0 Å². The van der Waals surface area contributed by atoms with E-state index in [4.69, 9.17) is 10.5 Å². The maximum absolute atomic E-state index is 6.06. The van der Waals surface area contributed by atoms with Crippen LogP contribution in [0.4, 0.5) is 0 Å². The van der Waals surface area contributed by atoms with E-state index in [1.54, 1.807) is 0 Å². The lowest BCUT2D eigenvalue weighted by molar-refractivity contribution is 0.209. The van der Waals surface area contributed by atoms with Gasteiger partial charge in [0.1, 0.15) is 11.5 Å². The van der Waals surface area contributed by atoms with Crippen molar-refractivity contribution < 1.29 is 4.74 Å². The van der Waals surface area contributed by atoms with Gasteiger partial charge in [0.15, 0.2) is 0 Å². The summed E-state index contributed by atoms with van der Waals surface area (Å²) in [4.78, 5) is 2.46. The van der Waals surface area contributed by atoms with Gasteiger partial charge < -0.3 is 10.5 Å². The Morgan fingerprint density at radius 3 is 2.04 bits per heavy atom. The molecule has 0 aliphatic rings. The number of unbranched alkanes of at least 4 members (excludes halogenated alkanes) is 1. The fraction of sp³-hybridized carbons (Fsp3) is 0.429. The van der Waals surface area contributed by atoms with Crippen LogP contribution in [0.2, 0.25) is 0 Å². The van der Waals surface area contributed by atoms with Crippen LogP contribution in [0.1, 0.15) is 43.9 Å². The molecule has 0 saturated heterocycles. The Labute approximate surface area is 146 Å². The normalized spacial score (nSPS) is 12.4. The van der Waals surface area contributed by atoms with Crippen molar-refractivity contribution in [1.29, 1.82) is 0 Å². The second kappa shape index (κ2) is 9.45. The molecule has 0 heterocycles. The van der Waals surface area contributed by atoms with E-state index in [1.165, 1.54) is 24.0 Å². The number of aryl methyl sites for hydroxylation is 1. The summed E-state index contributed by atoms with van der Waals surface area (Å²) in [6, 6.07) is 16.7. The van der Waals surface area contributed by atoms with E-state index in [1.807, 2.05) is 24.3 Å². The molecule has 2 N–H and O–H groups in total. The van der Waals surface area contributed by atoms with Crippen molar-refractivity contribution in [3.05, 3.63) is 59.7 Å². The third-order valence-electron chi connectivity index (χ3n) is 4.39. The monoisotopic (exact) mass is 326 g/mol. The van der Waals surface area contributed by atoms with Gasteiger partial charge in [-0.2, -0.15) is 0 Å². The molecule has 2 aromatic rings. The van der Waals surface area contributed by atoms with Crippen molar-refractivity contribution in [2.24, 2.45) is 5.73 Å². The smallest absolute Gasteiger partial charge is 0.127 e. The fourth-order valence-corrected chi connectivity index (χ4v) is 2.89. The number of benzene rings is 2. The number of hydrogen-bond acceptors (Lipinski definition) is 3. The lowest BCUT2D eigenvalue weighted by Gasteiger charge is -2.30. The van der Waals surface area contributed by atoms with Crippen LogP contribution in [0.3, 0.4) is 0 Å². The summed E-state index contributed by atoms with van der Waals surface area (Å²) in [5.74, 6) is 1.72. The Morgan fingerprint density at radius 1 is 0.958 bits per heavy atom. The van der Waals surface area contributed by atoms with Gasteiger partial charge in [0.25, 0.3) is 0 Å². The van der Waals surface area contributed by atoms with Crippen LogP contribution in [0.25, 0.3) is 0 Å². The molecule has 0 fully saturated rings. The van der Waals surface area contributed by atoms with E-state index in [0.29, 0.717) is 6.54 Å². The molecule has 24 heavy (non-hydrogen) atoms. The molecule has 0 aliphatic carbocycles. The minimum Gasteiger partial charge on any atom is -0.457 e. The summed E-state index contributed by atoms with van der Waals surface area (Å²) < 4.78 is 5.91. The highest BCUT2D eigenvalue weighted by Gasteiger charge is 2.17. The van der Waals surface area contributed by atoms with E-state index in [2.05, 4.69) is 49.9 Å². The van der Waals surface area contributed by atoms with Gasteiger partial charge in [-0.05, 0) is 56.3 Å². The first kappa shape index (κ1) is 18.5. The molecule has 130 valence electrons. The molecule has 0 aromatic heterocycles. The number of nitrogens with zero attached hydrogens (tertiary/aromatic N) is 1. The predicted octanol–water partition coefficient (Wildman–Crippen LogP) is 4.91. The van der Waals surface area contributed by atoms with Crippen LogP contribution >= 0.6 is 0 Å². The van der Waals surface area contributed by atoms with E-state index >= 15 is 0 Å². The summed E-state index contributed by atoms with van der Waals surface area (Å²) in [6.07, 6.45) is 2.41. The molecule has 2 aromatic carbocycles. The summed E-state index contributed by atoms with van der Waals surface area (Å²) in [6.45, 7) is 9.24. The number of nitrogens with two attached hydrogens (primary N) is 1. The lowest BCUT2D eigenvalue weighted by atomic mass is 10.0. The molecule has 1 unspecified atom stereocenters. The maximum Gasteiger partial charge on any atom is 0.127 e. The maximum atomic E-state index is 6.06. The molecule has 0 saturated carbocycles. The zero-order chi connectivity index (χ0) is 17.4. The summed E-state index contributed by atoms with van der Waals surface area (Å²) >= 11 is 0. The van der Waals surface area contributed by atoms with Gasteiger partial charge in [-0.1, -0.05) is 50.1 Å². The topological polar surface area (TPSA) is 38.5 Å². The van der Waals surface area contributed by atoms with E-state index in [9.17, 15) is 0 Å². The zero-order valence-electron chi connectivity index (χ0n) is 15.2. The minimum absolute atomic E-state index is 0.273. The highest BCUT2D eigenvalue weighted by Crippen LogP contribution is 2.26. The van der Waals surface area contributed by atoms with Crippen LogP contribution in [0.15, 0.2) is 48.5 Å². The molecule has 0 amide bonds. The lowest BCUT2D eigenvalue weighted by Crippen LogP contribution is -2.34. The van der Waals surface area contributed by atoms with Crippen molar-refractivity contribution in [3.63, 3.8) is 0 Å². The Bertz CT molecular complexity index is 592. The Balaban J connectivity index is 2.07. The molecule has 3 heteroatoms. The van der Waals surface area contributed by atoms with E-state index in [-0.39, 0.29) is 6.04 Å². The molecular weight excluding hydrogens is 296 g/mol. The summed E-state index contributed by atoms with van der Waals surface area (Å²) in [5.41, 5.74) is 8.54. The van der Waals surface area contributed by atoms with Gasteiger partial charge in [-0.3, -0.25) is 4.90 Å². The second-order valence-corrected chi connectivity index (χ2v) is 6.22. The van der Waals surface area contributed by atoms with Crippen LogP contribution in [-0.4, -0.2) is 24.5 Å². The molecular formula is C21H30N2O. The van der Waals surface area contributed by atoms with Crippen LogP contribution in [-0.2, 0) is 0 Å². The summed E-state index contributed by atoms with van der Waals surface area (Å²) in [5, 5.41) is 0. The first-order valence-corrected chi connectivity index (χ1v) is 8.96. The molecule has 1 atom stereocenters. The number of hydrogen-bond donors (Lipinski definition) is 1. The first-order valence-electron chi connectivity index (χ1n) is 8.96. The van der Waals surface area contributed by atoms with Gasteiger partial charge in [0, 0.05) is 12.6 Å². The highest BCUT2D eigenvalue weighted by molar-refractivity contribution is 5.35. The zero-order valence-corrected chi connectivity index (χ0v) is 15.2. The van der Waals surface area contributed by atoms with Gasteiger partial charge in [-0.25, -0.2) is 0 Å². The third kappa shape index (κ3) is 5.08. The summed E-state index contributed by atoms with van der Waals surface area (Å²) in [7, 11) is 0. The van der Waals surface area contributed by atoms with Crippen molar-refractivity contribution in [3.8, 4) is 11.5 Å². The van der Waals surface area contributed by atoms with Gasteiger partial charge in [0.05, 0.1) is 0 Å². The second-order valence-electron chi connectivity index (χ2n) is 6.22. The Morgan fingerprint density at radius 2 is 1.54 bits per heavy atom. The standard InChI is InChI=1S/C21H30N2O/c1-4-6-15-23(5-2)21(16-22)18-9-13-20(14-10-18)24-19-11-7-17(3)8-12-19/h7-14,21H,4-6,15-16,22H2,1-3H3. The Kier molecular flexibility index (Phi) is 7.29. The molecule has 0 spiro atoms. The highest BCUT2D eigenvalue weighted by atomic mass is 16.5. The van der Waals surface area contributed by atoms with E-state index in [0.717, 1.165) is 24.6 Å². The number of ether oxygens (including phenoxy) is 1. The van der Waals surface area contributed by atoms with Crippen LogP contribution in [0, 0.1) is 6.92 Å². The van der Waals surface area contributed by atoms with Gasteiger partial charge in [-0.15, -0.1) is 0 Å². The largest absolute Gasteiger partial charge is 0.457 e. The van der Waals surface area contributed by atoms with Crippen LogP contribution in [0.5, 0.6) is 11.5 Å². The van der Waals surface area contributed by atoms with Crippen LogP contribution < -0.4 is 10.5 Å². The first-order chi connectivity index (χ1) is 11.7.